The van der Waals surface area contributed by atoms with E-state index >= 15 is 0 Å². The lowest BCUT2D eigenvalue weighted by Crippen LogP contribution is -2.41. The van der Waals surface area contributed by atoms with E-state index in [1.54, 1.807) is 11.4 Å². The first-order valence-corrected chi connectivity index (χ1v) is 7.79. The molecule has 0 aliphatic carbocycles. The molecule has 1 aliphatic heterocycles. The topological polar surface area (TPSA) is 52.7 Å². The molecule has 0 unspecified atom stereocenters. The third-order valence-electron chi connectivity index (χ3n) is 2.99. The number of hydrogen-bond acceptors (Lipinski definition) is 3. The van der Waals surface area contributed by atoms with Gasteiger partial charge in [-0.3, -0.25) is 0 Å². The van der Waals surface area contributed by atoms with Gasteiger partial charge in [-0.15, -0.1) is 0 Å². The van der Waals surface area contributed by atoms with Crippen molar-refractivity contribution >= 4 is 10.2 Å². The molecule has 6 heteroatoms. The average molecular weight is 263 g/mol. The van der Waals surface area contributed by atoms with E-state index in [1.165, 1.54) is 4.31 Å². The molecule has 102 valence electrons. The standard InChI is InChI=1S/C11H25N3O2S/c1-11(2)12-7-6-8-13(3)17(15,16)14-9-4-5-10-14/h11-12H,4-10H2,1-3H3. The maximum atomic E-state index is 12.1. The summed E-state index contributed by atoms with van der Waals surface area (Å²) in [5, 5.41) is 3.29. The van der Waals surface area contributed by atoms with Gasteiger partial charge in [0.05, 0.1) is 0 Å². The van der Waals surface area contributed by atoms with Gasteiger partial charge >= 0.3 is 0 Å². The highest BCUT2D eigenvalue weighted by Crippen LogP contribution is 2.15. The van der Waals surface area contributed by atoms with Crippen LogP contribution in [-0.2, 0) is 10.2 Å². The second kappa shape index (κ2) is 6.68. The smallest absolute Gasteiger partial charge is 0.281 e. The van der Waals surface area contributed by atoms with Crippen molar-refractivity contribution in [2.24, 2.45) is 0 Å². The Balaban J connectivity index is 2.33. The first-order chi connectivity index (χ1) is 7.94. The minimum absolute atomic E-state index is 0.454. The number of nitrogens with zero attached hydrogens (tertiary/aromatic N) is 2. The van der Waals surface area contributed by atoms with Crippen molar-refractivity contribution in [1.29, 1.82) is 0 Å². The van der Waals surface area contributed by atoms with Crippen molar-refractivity contribution in [3.8, 4) is 0 Å². The highest BCUT2D eigenvalue weighted by Gasteiger charge is 2.28. The van der Waals surface area contributed by atoms with Gasteiger partial charge in [-0.05, 0) is 25.8 Å². The maximum Gasteiger partial charge on any atom is 0.281 e. The van der Waals surface area contributed by atoms with Gasteiger partial charge in [-0.2, -0.15) is 17.0 Å². The molecule has 0 amide bonds. The number of rotatable bonds is 7. The molecule has 0 aromatic rings. The Morgan fingerprint density at radius 3 is 2.41 bits per heavy atom. The van der Waals surface area contributed by atoms with Crippen molar-refractivity contribution in [1.82, 2.24) is 13.9 Å². The largest absolute Gasteiger partial charge is 0.314 e. The van der Waals surface area contributed by atoms with Crippen molar-refractivity contribution in [3.05, 3.63) is 0 Å². The van der Waals surface area contributed by atoms with E-state index in [9.17, 15) is 8.42 Å². The van der Waals surface area contributed by atoms with E-state index in [0.717, 1.165) is 25.8 Å². The highest BCUT2D eigenvalue weighted by molar-refractivity contribution is 7.86. The molecule has 5 nitrogen and oxygen atoms in total. The summed E-state index contributed by atoms with van der Waals surface area (Å²) in [6, 6.07) is 0.454. The molecular formula is C11H25N3O2S. The summed E-state index contributed by atoms with van der Waals surface area (Å²) in [5.74, 6) is 0. The predicted molar refractivity (Wildman–Crippen MR) is 70.1 cm³/mol. The fourth-order valence-corrected chi connectivity index (χ4v) is 3.40. The summed E-state index contributed by atoms with van der Waals surface area (Å²) in [6.45, 7) is 6.97. The minimum atomic E-state index is -3.20. The van der Waals surface area contributed by atoms with Gasteiger partial charge in [-0.25, -0.2) is 0 Å². The van der Waals surface area contributed by atoms with Crippen LogP contribution in [0.15, 0.2) is 0 Å². The predicted octanol–water partition coefficient (Wildman–Crippen LogP) is 0.647. The molecule has 0 saturated carbocycles. The first-order valence-electron chi connectivity index (χ1n) is 6.39. The Morgan fingerprint density at radius 2 is 1.88 bits per heavy atom. The van der Waals surface area contributed by atoms with Crippen LogP contribution in [0.25, 0.3) is 0 Å². The highest BCUT2D eigenvalue weighted by atomic mass is 32.2. The van der Waals surface area contributed by atoms with Crippen molar-refractivity contribution < 1.29 is 8.42 Å². The lowest BCUT2D eigenvalue weighted by molar-refractivity contribution is 0.387. The molecule has 0 aromatic carbocycles. The zero-order chi connectivity index (χ0) is 12.9. The van der Waals surface area contributed by atoms with Gasteiger partial charge in [0.1, 0.15) is 0 Å². The van der Waals surface area contributed by atoms with Gasteiger partial charge in [0.15, 0.2) is 0 Å². The molecule has 0 aromatic heterocycles. The van der Waals surface area contributed by atoms with Crippen LogP contribution in [0.1, 0.15) is 33.1 Å². The van der Waals surface area contributed by atoms with E-state index in [2.05, 4.69) is 19.2 Å². The van der Waals surface area contributed by atoms with Crippen molar-refractivity contribution in [2.75, 3.05) is 33.2 Å². The van der Waals surface area contributed by atoms with E-state index in [1.807, 2.05) is 0 Å². The molecule has 1 fully saturated rings. The van der Waals surface area contributed by atoms with E-state index < -0.39 is 10.2 Å². The van der Waals surface area contributed by atoms with Crippen LogP contribution in [-0.4, -0.2) is 56.3 Å². The molecule has 1 saturated heterocycles. The summed E-state index contributed by atoms with van der Waals surface area (Å²) >= 11 is 0. The van der Waals surface area contributed by atoms with Gasteiger partial charge in [0.25, 0.3) is 10.2 Å². The molecule has 0 atom stereocenters. The zero-order valence-corrected chi connectivity index (χ0v) is 12.0. The third kappa shape index (κ3) is 4.54. The summed E-state index contributed by atoms with van der Waals surface area (Å²) in [4.78, 5) is 0. The van der Waals surface area contributed by atoms with Crippen molar-refractivity contribution in [3.63, 3.8) is 0 Å². The summed E-state index contributed by atoms with van der Waals surface area (Å²) < 4.78 is 27.2. The van der Waals surface area contributed by atoms with E-state index in [-0.39, 0.29) is 0 Å². The molecule has 1 aliphatic rings. The number of hydrogen-bond donors (Lipinski definition) is 1. The normalized spacial score (nSPS) is 18.4. The van der Waals surface area contributed by atoms with E-state index in [4.69, 9.17) is 0 Å². The van der Waals surface area contributed by atoms with Crippen LogP contribution in [0.3, 0.4) is 0 Å². The Hall–Kier alpha value is -0.170. The Labute approximate surface area is 105 Å². The maximum absolute atomic E-state index is 12.1. The van der Waals surface area contributed by atoms with Crippen LogP contribution in [0.2, 0.25) is 0 Å². The Bertz CT molecular complexity index is 311. The molecule has 17 heavy (non-hydrogen) atoms. The quantitative estimate of drug-likeness (QED) is 0.686. The van der Waals surface area contributed by atoms with Crippen molar-refractivity contribution in [2.45, 2.75) is 39.2 Å². The van der Waals surface area contributed by atoms with Crippen LogP contribution >= 0.6 is 0 Å². The van der Waals surface area contributed by atoms with Gasteiger partial charge < -0.3 is 5.32 Å². The molecular weight excluding hydrogens is 238 g/mol. The summed E-state index contributed by atoms with van der Waals surface area (Å²) in [7, 11) is -1.53. The first kappa shape index (κ1) is 14.9. The van der Waals surface area contributed by atoms with Gasteiger partial charge in [0.2, 0.25) is 0 Å². The zero-order valence-electron chi connectivity index (χ0n) is 11.1. The second-order valence-corrected chi connectivity index (χ2v) is 6.93. The molecule has 1 rings (SSSR count). The third-order valence-corrected chi connectivity index (χ3v) is 4.98. The lowest BCUT2D eigenvalue weighted by Gasteiger charge is -2.23. The second-order valence-electron chi connectivity index (χ2n) is 4.90. The van der Waals surface area contributed by atoms with E-state index in [0.29, 0.717) is 25.7 Å². The summed E-state index contributed by atoms with van der Waals surface area (Å²) in [5.41, 5.74) is 0. The SMILES string of the molecule is CC(C)NCCCN(C)S(=O)(=O)N1CCCC1. The molecule has 1 heterocycles. The van der Waals surface area contributed by atoms with Gasteiger partial charge in [-0.1, -0.05) is 13.8 Å². The monoisotopic (exact) mass is 263 g/mol. The lowest BCUT2D eigenvalue weighted by atomic mass is 10.3. The molecule has 1 N–H and O–H groups in total. The Morgan fingerprint density at radius 1 is 1.29 bits per heavy atom. The average Bonchev–Trinajstić information content (AvgIpc) is 2.77. The van der Waals surface area contributed by atoms with Crippen LogP contribution in [0.4, 0.5) is 0 Å². The van der Waals surface area contributed by atoms with Crippen LogP contribution in [0, 0.1) is 0 Å². The minimum Gasteiger partial charge on any atom is -0.314 e. The molecule has 0 bridgehead atoms. The molecule has 0 radical (unpaired) electrons. The van der Waals surface area contributed by atoms with Crippen LogP contribution in [0.5, 0.6) is 0 Å². The van der Waals surface area contributed by atoms with Crippen LogP contribution < -0.4 is 5.32 Å². The fourth-order valence-electron chi connectivity index (χ4n) is 1.92. The summed E-state index contributed by atoms with van der Waals surface area (Å²) in [6.07, 6.45) is 2.83. The fraction of sp³-hybridized carbons (Fsp3) is 1.00. The number of nitrogens with one attached hydrogen (secondary N) is 1. The van der Waals surface area contributed by atoms with Gasteiger partial charge in [0, 0.05) is 32.7 Å². The Kier molecular flexibility index (Phi) is 5.85. The molecule has 0 spiro atoms.